The summed E-state index contributed by atoms with van der Waals surface area (Å²) in [5, 5.41) is 0. The van der Waals surface area contributed by atoms with Crippen LogP contribution in [0.15, 0.2) is 84.9 Å². The minimum absolute atomic E-state index is 0.0312. The number of aryl methyl sites for hydroxylation is 1. The molecule has 5 rings (SSSR count). The Kier molecular flexibility index (Phi) is 4.83. The lowest BCUT2D eigenvalue weighted by molar-refractivity contribution is -0.122. The Bertz CT molecular complexity index is 974. The lowest BCUT2D eigenvalue weighted by Gasteiger charge is -2.25. The normalized spacial score (nSPS) is 28.4. The summed E-state index contributed by atoms with van der Waals surface area (Å²) >= 11 is 0. The zero-order valence-corrected chi connectivity index (χ0v) is 17.0. The Hall–Kier alpha value is -2.67. The molecule has 0 N–H and O–H groups in total. The van der Waals surface area contributed by atoms with Crippen molar-refractivity contribution in [3.05, 3.63) is 107 Å². The first kappa shape index (κ1) is 18.4. The van der Waals surface area contributed by atoms with Crippen LogP contribution in [-0.2, 0) is 11.2 Å². The highest BCUT2D eigenvalue weighted by Gasteiger charge is 2.55. The Labute approximate surface area is 173 Å². The predicted molar refractivity (Wildman–Crippen MR) is 118 cm³/mol. The number of rotatable bonds is 4. The summed E-state index contributed by atoms with van der Waals surface area (Å²) in [7, 11) is 0. The van der Waals surface area contributed by atoms with Gasteiger partial charge in [0.2, 0.25) is 0 Å². The zero-order valence-electron chi connectivity index (χ0n) is 17.0. The van der Waals surface area contributed by atoms with E-state index in [-0.39, 0.29) is 11.8 Å². The van der Waals surface area contributed by atoms with Crippen molar-refractivity contribution in [2.45, 2.75) is 38.0 Å². The maximum absolute atomic E-state index is 13.8. The van der Waals surface area contributed by atoms with Gasteiger partial charge in [-0.1, -0.05) is 90.5 Å². The third-order valence-corrected chi connectivity index (χ3v) is 7.31. The fraction of sp³-hybridized carbons (Fsp3) is 0.321. The molecule has 0 aromatic heterocycles. The quantitative estimate of drug-likeness (QED) is 0.517. The summed E-state index contributed by atoms with van der Waals surface area (Å²) in [5.74, 6) is 2.02. The molecule has 29 heavy (non-hydrogen) atoms. The van der Waals surface area contributed by atoms with E-state index in [9.17, 15) is 4.79 Å². The summed E-state index contributed by atoms with van der Waals surface area (Å²) in [6.45, 7) is 2.14. The molecule has 0 saturated heterocycles. The lowest BCUT2D eigenvalue weighted by atomic mass is 9.77. The van der Waals surface area contributed by atoms with E-state index in [0.29, 0.717) is 23.5 Å². The summed E-state index contributed by atoms with van der Waals surface area (Å²) in [6.07, 6.45) is 3.24. The van der Waals surface area contributed by atoms with Gasteiger partial charge in [-0.2, -0.15) is 0 Å². The van der Waals surface area contributed by atoms with Gasteiger partial charge in [0.05, 0.1) is 0 Å². The van der Waals surface area contributed by atoms with E-state index in [1.54, 1.807) is 0 Å². The molecular weight excluding hydrogens is 352 g/mol. The van der Waals surface area contributed by atoms with Gasteiger partial charge >= 0.3 is 0 Å². The number of fused-ring (bicyclic) bond motifs is 1. The Morgan fingerprint density at radius 2 is 1.41 bits per heavy atom. The minimum Gasteiger partial charge on any atom is -0.299 e. The van der Waals surface area contributed by atoms with Crippen LogP contribution in [0.4, 0.5) is 0 Å². The van der Waals surface area contributed by atoms with Gasteiger partial charge in [0.25, 0.3) is 0 Å². The number of carbonyl (C=O) groups excluding carboxylic acids is 1. The highest BCUT2D eigenvalue weighted by molar-refractivity contribution is 5.91. The number of Topliss-reactive ketones (excluding diaryl/α,β-unsaturated/α-hetero) is 1. The molecule has 2 fully saturated rings. The summed E-state index contributed by atoms with van der Waals surface area (Å²) in [4.78, 5) is 13.8. The standard InChI is InChI=1S/C28H28O/c1-19-12-14-21(15-13-19)23-16-17-24-25(18-20-8-4-2-5-9-20)28(29)26(27(23)24)22-10-6-3-7-11-22/h2-15,23-27H,16-18H2,1H3/t23-,24+,25?,26?,27+/m1/s1. The van der Waals surface area contributed by atoms with Crippen molar-refractivity contribution in [3.63, 3.8) is 0 Å². The Morgan fingerprint density at radius 3 is 2.10 bits per heavy atom. The van der Waals surface area contributed by atoms with E-state index in [0.717, 1.165) is 12.8 Å². The maximum Gasteiger partial charge on any atom is 0.144 e. The van der Waals surface area contributed by atoms with Crippen molar-refractivity contribution in [1.29, 1.82) is 0 Å². The average molecular weight is 381 g/mol. The van der Waals surface area contributed by atoms with E-state index in [1.165, 1.54) is 28.7 Å². The fourth-order valence-electron chi connectivity index (χ4n) is 6.00. The molecule has 2 aliphatic carbocycles. The monoisotopic (exact) mass is 380 g/mol. The van der Waals surface area contributed by atoms with Crippen LogP contribution < -0.4 is 0 Å². The molecule has 0 aliphatic heterocycles. The first-order valence-corrected chi connectivity index (χ1v) is 10.9. The van der Waals surface area contributed by atoms with Crippen molar-refractivity contribution in [2.75, 3.05) is 0 Å². The van der Waals surface area contributed by atoms with Crippen LogP contribution in [0.2, 0.25) is 0 Å². The highest BCUT2D eigenvalue weighted by Crippen LogP contribution is 2.59. The summed E-state index contributed by atoms with van der Waals surface area (Å²) in [5.41, 5.74) is 5.21. The maximum atomic E-state index is 13.8. The predicted octanol–water partition coefficient (Wildman–Crippen LogP) is 6.33. The largest absolute Gasteiger partial charge is 0.299 e. The molecule has 2 saturated carbocycles. The van der Waals surface area contributed by atoms with Crippen LogP contribution in [0.5, 0.6) is 0 Å². The van der Waals surface area contributed by atoms with E-state index in [2.05, 4.69) is 85.8 Å². The molecule has 0 amide bonds. The second-order valence-electron chi connectivity index (χ2n) is 8.92. The average Bonchev–Trinajstić information content (AvgIpc) is 3.29. The van der Waals surface area contributed by atoms with Crippen molar-refractivity contribution in [3.8, 4) is 0 Å². The fourth-order valence-corrected chi connectivity index (χ4v) is 6.00. The number of carbonyl (C=O) groups is 1. The molecule has 146 valence electrons. The smallest absolute Gasteiger partial charge is 0.144 e. The van der Waals surface area contributed by atoms with Gasteiger partial charge in [-0.25, -0.2) is 0 Å². The number of hydrogen-bond acceptors (Lipinski definition) is 1. The number of hydrogen-bond donors (Lipinski definition) is 0. The van der Waals surface area contributed by atoms with Crippen LogP contribution in [0.1, 0.15) is 46.9 Å². The molecule has 0 radical (unpaired) electrons. The van der Waals surface area contributed by atoms with E-state index in [1.807, 2.05) is 6.07 Å². The molecule has 0 spiro atoms. The first-order chi connectivity index (χ1) is 14.2. The van der Waals surface area contributed by atoms with Crippen molar-refractivity contribution in [2.24, 2.45) is 17.8 Å². The number of ketones is 1. The van der Waals surface area contributed by atoms with Gasteiger partial charge in [-0.15, -0.1) is 0 Å². The molecule has 3 aromatic carbocycles. The van der Waals surface area contributed by atoms with Crippen LogP contribution in [0.25, 0.3) is 0 Å². The Morgan fingerprint density at radius 1 is 0.759 bits per heavy atom. The van der Waals surface area contributed by atoms with Crippen molar-refractivity contribution >= 4 is 5.78 Å². The zero-order chi connectivity index (χ0) is 19.8. The molecule has 2 aliphatic rings. The topological polar surface area (TPSA) is 17.1 Å². The lowest BCUT2D eigenvalue weighted by Crippen LogP contribution is -2.20. The molecule has 3 aromatic rings. The molecule has 2 unspecified atom stereocenters. The van der Waals surface area contributed by atoms with Crippen molar-refractivity contribution < 1.29 is 4.79 Å². The van der Waals surface area contributed by atoms with E-state index < -0.39 is 0 Å². The highest BCUT2D eigenvalue weighted by atomic mass is 16.1. The van der Waals surface area contributed by atoms with Gasteiger partial charge in [-0.3, -0.25) is 4.79 Å². The second kappa shape index (κ2) is 7.63. The molecule has 1 heteroatoms. The van der Waals surface area contributed by atoms with Gasteiger partial charge in [0, 0.05) is 11.8 Å². The third-order valence-electron chi connectivity index (χ3n) is 7.31. The first-order valence-electron chi connectivity index (χ1n) is 10.9. The van der Waals surface area contributed by atoms with Crippen LogP contribution in [-0.4, -0.2) is 5.78 Å². The van der Waals surface area contributed by atoms with Crippen molar-refractivity contribution in [1.82, 2.24) is 0 Å². The molecular formula is C28H28O. The number of benzene rings is 3. The summed E-state index contributed by atoms with van der Waals surface area (Å²) in [6, 6.07) is 30.1. The van der Waals surface area contributed by atoms with Crippen LogP contribution in [0, 0.1) is 24.7 Å². The van der Waals surface area contributed by atoms with Gasteiger partial charge in [0.15, 0.2) is 0 Å². The molecule has 0 bridgehead atoms. The summed E-state index contributed by atoms with van der Waals surface area (Å²) < 4.78 is 0. The molecule has 0 heterocycles. The Balaban J connectivity index is 1.53. The molecule has 5 atom stereocenters. The van der Waals surface area contributed by atoms with Crippen LogP contribution >= 0.6 is 0 Å². The third kappa shape index (κ3) is 3.33. The molecule has 1 nitrogen and oxygen atoms in total. The second-order valence-corrected chi connectivity index (χ2v) is 8.92. The minimum atomic E-state index is 0.0312. The van der Waals surface area contributed by atoms with E-state index in [4.69, 9.17) is 0 Å². The SMILES string of the molecule is Cc1ccc([C@H]2CC[C@H]3C(Cc4ccccc4)C(=O)C(c4ccccc4)[C@@H]23)cc1. The van der Waals surface area contributed by atoms with Gasteiger partial charge in [0.1, 0.15) is 5.78 Å². The van der Waals surface area contributed by atoms with Gasteiger partial charge in [-0.05, 0) is 60.6 Å². The van der Waals surface area contributed by atoms with Crippen LogP contribution in [0.3, 0.4) is 0 Å². The van der Waals surface area contributed by atoms with E-state index >= 15 is 0 Å². The van der Waals surface area contributed by atoms with Gasteiger partial charge < -0.3 is 0 Å².